The molecule has 10 heteroatoms. The quantitative estimate of drug-likeness (QED) is 0.405. The lowest BCUT2D eigenvalue weighted by molar-refractivity contribution is -0.141. The number of methoxy groups -OCH3 is 1. The summed E-state index contributed by atoms with van der Waals surface area (Å²) in [6.07, 6.45) is -4.25. The first-order valence-corrected chi connectivity index (χ1v) is 11.8. The first kappa shape index (κ1) is 26.4. The van der Waals surface area contributed by atoms with Gasteiger partial charge in [-0.3, -0.25) is 4.79 Å². The Kier molecular flexibility index (Phi) is 7.12. The summed E-state index contributed by atoms with van der Waals surface area (Å²) in [5.74, 6) is 0.122. The molecule has 1 aliphatic rings. The molecule has 1 amide bonds. The molecule has 0 N–H and O–H groups in total. The van der Waals surface area contributed by atoms with Crippen molar-refractivity contribution in [2.45, 2.75) is 58.7 Å². The molecule has 7 nitrogen and oxygen atoms in total. The van der Waals surface area contributed by atoms with E-state index in [4.69, 9.17) is 14.2 Å². The van der Waals surface area contributed by atoms with Gasteiger partial charge in [0.05, 0.1) is 19.2 Å². The largest absolute Gasteiger partial charge is 0.489 e. The summed E-state index contributed by atoms with van der Waals surface area (Å²) in [6.45, 7) is 6.23. The lowest BCUT2D eigenvalue weighted by Gasteiger charge is -2.31. The van der Waals surface area contributed by atoms with Gasteiger partial charge in [0, 0.05) is 23.1 Å². The van der Waals surface area contributed by atoms with Crippen LogP contribution in [-0.2, 0) is 46.6 Å². The maximum Gasteiger partial charge on any atom is 0.416 e. The topological polar surface area (TPSA) is 70.0 Å². The van der Waals surface area contributed by atoms with Crippen molar-refractivity contribution < 1.29 is 37.0 Å². The highest BCUT2D eigenvalue weighted by atomic mass is 19.4. The van der Waals surface area contributed by atoms with Gasteiger partial charge in [0.1, 0.15) is 24.5 Å². The van der Waals surface area contributed by atoms with Crippen molar-refractivity contribution in [2.75, 3.05) is 13.7 Å². The number of halogens is 3. The summed E-state index contributed by atoms with van der Waals surface area (Å²) in [7, 11) is 1.32. The standard InChI is InChI=1S/C27H29F3N2O5/c1-26(2,3)37-25(34)31-12-11-20-21-13-19(36-16-17-5-7-18(8-6-17)27(28,29)30)9-10-22(21)32(23(20)14-31)15-24(33)35-4/h5-10,13H,11-12,14-16H2,1-4H3. The third kappa shape index (κ3) is 6.00. The molecular weight excluding hydrogens is 489 g/mol. The summed E-state index contributed by atoms with van der Waals surface area (Å²) < 4.78 is 56.6. The number of alkyl halides is 3. The zero-order valence-corrected chi connectivity index (χ0v) is 21.1. The fourth-order valence-corrected chi connectivity index (χ4v) is 4.33. The second-order valence-electron chi connectivity index (χ2n) is 9.90. The van der Waals surface area contributed by atoms with Crippen molar-refractivity contribution in [3.8, 4) is 5.75 Å². The van der Waals surface area contributed by atoms with E-state index in [0.717, 1.165) is 34.3 Å². The number of aromatic nitrogens is 1. The van der Waals surface area contributed by atoms with E-state index in [-0.39, 0.29) is 19.7 Å². The van der Waals surface area contributed by atoms with E-state index in [9.17, 15) is 22.8 Å². The van der Waals surface area contributed by atoms with Gasteiger partial charge >= 0.3 is 18.2 Å². The zero-order chi connectivity index (χ0) is 27.0. The Morgan fingerprint density at radius 3 is 2.35 bits per heavy atom. The van der Waals surface area contributed by atoms with Crippen molar-refractivity contribution in [3.05, 3.63) is 64.8 Å². The zero-order valence-electron chi connectivity index (χ0n) is 21.1. The molecule has 0 atom stereocenters. The van der Waals surface area contributed by atoms with E-state index in [1.54, 1.807) is 31.7 Å². The molecule has 3 aromatic rings. The predicted molar refractivity (Wildman–Crippen MR) is 130 cm³/mol. The molecule has 0 radical (unpaired) electrons. The average Bonchev–Trinajstić information content (AvgIpc) is 3.13. The molecule has 0 saturated carbocycles. The molecule has 0 unspecified atom stereocenters. The summed E-state index contributed by atoms with van der Waals surface area (Å²) in [6, 6.07) is 10.3. The van der Waals surface area contributed by atoms with Gasteiger partial charge in [-0.1, -0.05) is 12.1 Å². The minimum atomic E-state index is -4.39. The van der Waals surface area contributed by atoms with Crippen LogP contribution in [0.25, 0.3) is 10.9 Å². The number of fused-ring (bicyclic) bond motifs is 3. The molecule has 2 heterocycles. The van der Waals surface area contributed by atoms with Crippen molar-refractivity contribution in [1.82, 2.24) is 9.47 Å². The van der Waals surface area contributed by atoms with Crippen LogP contribution in [0.15, 0.2) is 42.5 Å². The molecule has 1 aromatic heterocycles. The van der Waals surface area contributed by atoms with Gasteiger partial charge in [0.2, 0.25) is 0 Å². The Hall–Kier alpha value is -3.69. The smallest absolute Gasteiger partial charge is 0.416 e. The van der Waals surface area contributed by atoms with Crippen LogP contribution in [0.1, 0.15) is 43.2 Å². The van der Waals surface area contributed by atoms with Crippen LogP contribution < -0.4 is 4.74 Å². The third-order valence-corrected chi connectivity index (χ3v) is 6.08. The van der Waals surface area contributed by atoms with E-state index in [0.29, 0.717) is 24.3 Å². The molecule has 198 valence electrons. The maximum absolute atomic E-state index is 12.8. The van der Waals surface area contributed by atoms with Crippen molar-refractivity contribution in [3.63, 3.8) is 0 Å². The van der Waals surface area contributed by atoms with Gasteiger partial charge in [0.25, 0.3) is 0 Å². The molecular formula is C27H29F3N2O5. The summed E-state index contributed by atoms with van der Waals surface area (Å²) in [5, 5.41) is 0.882. The van der Waals surface area contributed by atoms with Gasteiger partial charge in [0.15, 0.2) is 0 Å². The number of esters is 1. The first-order valence-electron chi connectivity index (χ1n) is 11.8. The molecule has 0 bridgehead atoms. The van der Waals surface area contributed by atoms with Gasteiger partial charge in [-0.25, -0.2) is 4.79 Å². The minimum Gasteiger partial charge on any atom is -0.489 e. The van der Waals surface area contributed by atoms with Gasteiger partial charge in [-0.05, 0) is 68.7 Å². The highest BCUT2D eigenvalue weighted by Gasteiger charge is 2.31. The number of hydrogen-bond donors (Lipinski definition) is 0. The van der Waals surface area contributed by atoms with Crippen molar-refractivity contribution >= 4 is 23.0 Å². The molecule has 0 spiro atoms. The lowest BCUT2D eigenvalue weighted by atomic mass is 10.0. The second-order valence-corrected chi connectivity index (χ2v) is 9.90. The summed E-state index contributed by atoms with van der Waals surface area (Å²) in [5.41, 5.74) is 1.87. The fourth-order valence-electron chi connectivity index (χ4n) is 4.33. The molecule has 0 aliphatic carbocycles. The summed E-state index contributed by atoms with van der Waals surface area (Å²) in [4.78, 5) is 26.5. The number of amides is 1. The van der Waals surface area contributed by atoms with Gasteiger partial charge < -0.3 is 23.7 Å². The van der Waals surface area contributed by atoms with Crippen LogP contribution in [0.4, 0.5) is 18.0 Å². The number of nitrogens with zero attached hydrogens (tertiary/aromatic N) is 2. The van der Waals surface area contributed by atoms with Crippen LogP contribution >= 0.6 is 0 Å². The van der Waals surface area contributed by atoms with Crippen molar-refractivity contribution in [2.24, 2.45) is 0 Å². The number of carbonyl (C=O) groups excluding carboxylic acids is 2. The maximum atomic E-state index is 12.8. The second kappa shape index (κ2) is 9.99. The Balaban J connectivity index is 1.60. The minimum absolute atomic E-state index is 0.0176. The molecule has 0 fully saturated rings. The Morgan fingerprint density at radius 1 is 1.03 bits per heavy atom. The number of ether oxygens (including phenoxy) is 3. The van der Waals surface area contributed by atoms with Crippen LogP contribution in [0.3, 0.4) is 0 Å². The van der Waals surface area contributed by atoms with E-state index >= 15 is 0 Å². The Labute approximate surface area is 212 Å². The molecule has 2 aromatic carbocycles. The monoisotopic (exact) mass is 518 g/mol. The third-order valence-electron chi connectivity index (χ3n) is 6.08. The number of hydrogen-bond acceptors (Lipinski definition) is 5. The molecule has 0 saturated heterocycles. The normalized spacial score (nSPS) is 13.9. The molecule has 4 rings (SSSR count). The summed E-state index contributed by atoms with van der Waals surface area (Å²) >= 11 is 0. The van der Waals surface area contributed by atoms with Gasteiger partial charge in [-0.15, -0.1) is 0 Å². The number of benzene rings is 2. The van der Waals surface area contributed by atoms with Crippen LogP contribution in [0, 0.1) is 0 Å². The van der Waals surface area contributed by atoms with E-state index in [1.165, 1.54) is 19.2 Å². The number of rotatable bonds is 5. The van der Waals surface area contributed by atoms with Gasteiger partial charge in [-0.2, -0.15) is 13.2 Å². The predicted octanol–water partition coefficient (Wildman–Crippen LogP) is 5.71. The average molecular weight is 519 g/mol. The van der Waals surface area contributed by atoms with Crippen LogP contribution in [0.5, 0.6) is 5.75 Å². The van der Waals surface area contributed by atoms with Crippen LogP contribution in [-0.4, -0.2) is 40.8 Å². The molecule has 37 heavy (non-hydrogen) atoms. The number of carbonyl (C=O) groups is 2. The highest BCUT2D eigenvalue weighted by Crippen LogP contribution is 2.34. The highest BCUT2D eigenvalue weighted by molar-refractivity contribution is 5.89. The van der Waals surface area contributed by atoms with Crippen molar-refractivity contribution in [1.29, 1.82) is 0 Å². The van der Waals surface area contributed by atoms with E-state index < -0.39 is 29.4 Å². The van der Waals surface area contributed by atoms with Crippen LogP contribution in [0.2, 0.25) is 0 Å². The van der Waals surface area contributed by atoms with E-state index in [2.05, 4.69) is 0 Å². The fraction of sp³-hybridized carbons (Fsp3) is 0.407. The Bertz CT molecular complexity index is 1310. The molecule has 1 aliphatic heterocycles. The Morgan fingerprint density at radius 2 is 1.73 bits per heavy atom. The van der Waals surface area contributed by atoms with E-state index in [1.807, 2.05) is 16.7 Å². The SMILES string of the molecule is COC(=O)Cn1c2c(c3cc(OCc4ccc(C(F)(F)F)cc4)ccc31)CCN(C(=O)OC(C)(C)C)C2. The lowest BCUT2D eigenvalue weighted by Crippen LogP contribution is -2.40. The first-order chi connectivity index (χ1) is 17.4.